The molecule has 0 N–H and O–H groups in total. The van der Waals surface area contributed by atoms with Gasteiger partial charge < -0.3 is 4.74 Å². The van der Waals surface area contributed by atoms with E-state index in [4.69, 9.17) is 4.74 Å². The van der Waals surface area contributed by atoms with Gasteiger partial charge in [0.05, 0.1) is 6.10 Å². The Labute approximate surface area is 107 Å². The summed E-state index contributed by atoms with van der Waals surface area (Å²) in [6.45, 7) is 7.46. The molecular formula is C15H27NO. The van der Waals surface area contributed by atoms with Gasteiger partial charge in [-0.05, 0) is 45.9 Å². The first-order chi connectivity index (χ1) is 8.11. The maximum atomic E-state index is 5.15. The Morgan fingerprint density at radius 2 is 2.06 bits per heavy atom. The molecule has 2 nitrogen and oxygen atoms in total. The molecule has 2 atom stereocenters. The molecule has 0 fully saturated rings. The van der Waals surface area contributed by atoms with Crippen LogP contribution in [0.25, 0.3) is 0 Å². The number of nitrogens with zero attached hydrogens (tertiary/aromatic N) is 1. The molecule has 0 unspecified atom stereocenters. The predicted octanol–water partition coefficient (Wildman–Crippen LogP) is 3.41. The van der Waals surface area contributed by atoms with E-state index >= 15 is 0 Å². The van der Waals surface area contributed by atoms with Crippen LogP contribution in [-0.2, 0) is 4.74 Å². The van der Waals surface area contributed by atoms with Crippen LogP contribution < -0.4 is 0 Å². The van der Waals surface area contributed by atoms with E-state index < -0.39 is 0 Å². The standard InChI is InChI=1S/C15H27NO/c1-6-14(2)16(4)13-11-9-7-8-10-12-15(3)17-5/h7-8,10-11,14-15H,6,12-13H2,1-5H3/b10-8-/t9?,14-,15+/m1/s1. The van der Waals surface area contributed by atoms with E-state index in [2.05, 4.69) is 50.6 Å². The van der Waals surface area contributed by atoms with Gasteiger partial charge in [0, 0.05) is 19.7 Å². The van der Waals surface area contributed by atoms with E-state index in [0.29, 0.717) is 12.1 Å². The molecule has 0 amide bonds. The second-order valence-electron chi connectivity index (χ2n) is 4.44. The first kappa shape index (κ1) is 16.2. The third kappa shape index (κ3) is 8.93. The van der Waals surface area contributed by atoms with Crippen LogP contribution in [0, 0.1) is 0 Å². The first-order valence-corrected chi connectivity index (χ1v) is 6.40. The number of rotatable bonds is 8. The lowest BCUT2D eigenvalue weighted by molar-refractivity contribution is 0.121. The van der Waals surface area contributed by atoms with E-state index in [9.17, 15) is 0 Å². The molecular weight excluding hydrogens is 210 g/mol. The van der Waals surface area contributed by atoms with E-state index in [0.717, 1.165) is 13.0 Å². The van der Waals surface area contributed by atoms with Gasteiger partial charge in [-0.25, -0.2) is 0 Å². The van der Waals surface area contributed by atoms with Crippen molar-refractivity contribution in [3.63, 3.8) is 0 Å². The van der Waals surface area contributed by atoms with Gasteiger partial charge >= 0.3 is 0 Å². The van der Waals surface area contributed by atoms with Crippen molar-refractivity contribution in [1.29, 1.82) is 0 Å². The van der Waals surface area contributed by atoms with Crippen molar-refractivity contribution in [2.45, 2.75) is 45.8 Å². The summed E-state index contributed by atoms with van der Waals surface area (Å²) in [7, 11) is 3.88. The molecule has 0 saturated heterocycles. The lowest BCUT2D eigenvalue weighted by Crippen LogP contribution is -2.28. The van der Waals surface area contributed by atoms with Crippen molar-refractivity contribution < 1.29 is 4.74 Å². The number of ether oxygens (including phenoxy) is 1. The number of methoxy groups -OCH3 is 1. The van der Waals surface area contributed by atoms with E-state index in [1.54, 1.807) is 7.11 Å². The summed E-state index contributed by atoms with van der Waals surface area (Å²) in [6.07, 6.45) is 10.6. The van der Waals surface area contributed by atoms with E-state index in [1.165, 1.54) is 6.42 Å². The fourth-order valence-corrected chi connectivity index (χ4v) is 1.25. The molecule has 0 bridgehead atoms. The lowest BCUT2D eigenvalue weighted by atomic mass is 10.2. The summed E-state index contributed by atoms with van der Waals surface area (Å²) in [5.41, 5.74) is 3.17. The quantitative estimate of drug-likeness (QED) is 0.474. The second-order valence-corrected chi connectivity index (χ2v) is 4.44. The Kier molecular flexibility index (Phi) is 9.84. The topological polar surface area (TPSA) is 12.5 Å². The molecule has 17 heavy (non-hydrogen) atoms. The van der Waals surface area contributed by atoms with E-state index in [-0.39, 0.29) is 0 Å². The Hall–Kier alpha value is -0.820. The number of allylic oxidation sites excluding steroid dienone is 1. The van der Waals surface area contributed by atoms with Crippen LogP contribution in [0.3, 0.4) is 0 Å². The van der Waals surface area contributed by atoms with Gasteiger partial charge in [-0.15, -0.1) is 5.73 Å². The largest absolute Gasteiger partial charge is 0.381 e. The van der Waals surface area contributed by atoms with Crippen molar-refractivity contribution in [2.75, 3.05) is 20.7 Å². The molecule has 0 aliphatic rings. The van der Waals surface area contributed by atoms with E-state index in [1.807, 2.05) is 12.2 Å². The summed E-state index contributed by atoms with van der Waals surface area (Å²) in [4.78, 5) is 2.32. The Morgan fingerprint density at radius 3 is 2.65 bits per heavy atom. The summed E-state index contributed by atoms with van der Waals surface area (Å²) >= 11 is 0. The molecule has 2 heteroatoms. The molecule has 0 aromatic rings. The molecule has 98 valence electrons. The van der Waals surface area contributed by atoms with Crippen LogP contribution in [0.5, 0.6) is 0 Å². The highest BCUT2D eigenvalue weighted by Crippen LogP contribution is 1.99. The van der Waals surface area contributed by atoms with Crippen LogP contribution >= 0.6 is 0 Å². The minimum absolute atomic E-state index is 0.292. The zero-order chi connectivity index (χ0) is 13.1. The average molecular weight is 237 g/mol. The first-order valence-electron chi connectivity index (χ1n) is 6.40. The second kappa shape index (κ2) is 10.3. The highest BCUT2D eigenvalue weighted by Gasteiger charge is 2.02. The van der Waals surface area contributed by atoms with Gasteiger partial charge in [0.2, 0.25) is 0 Å². The van der Waals surface area contributed by atoms with Crippen LogP contribution in [0.1, 0.15) is 33.6 Å². The average Bonchev–Trinajstić information content (AvgIpc) is 2.35. The maximum Gasteiger partial charge on any atom is 0.0577 e. The monoisotopic (exact) mass is 237 g/mol. The normalized spacial score (nSPS) is 14.7. The molecule has 0 heterocycles. The van der Waals surface area contributed by atoms with Gasteiger partial charge in [0.1, 0.15) is 0 Å². The molecule has 0 aliphatic heterocycles. The smallest absolute Gasteiger partial charge is 0.0577 e. The van der Waals surface area contributed by atoms with Crippen molar-refractivity contribution in [2.24, 2.45) is 0 Å². The summed E-state index contributed by atoms with van der Waals surface area (Å²) < 4.78 is 5.15. The Morgan fingerprint density at radius 1 is 1.35 bits per heavy atom. The van der Waals surface area contributed by atoms with Crippen LogP contribution in [0.2, 0.25) is 0 Å². The number of likely N-dealkylation sites (N-methyl/N-ethyl adjacent to an activating group) is 1. The van der Waals surface area contributed by atoms with Crippen molar-refractivity contribution in [1.82, 2.24) is 4.90 Å². The Balaban J connectivity index is 3.84. The SMILES string of the molecule is CC[C@@H](C)N(C)CC=C=C/C=C\C[C@H](C)OC. The fraction of sp³-hybridized carbons (Fsp3) is 0.667. The third-order valence-electron chi connectivity index (χ3n) is 3.04. The molecule has 0 radical (unpaired) electrons. The maximum absolute atomic E-state index is 5.15. The molecule has 0 saturated carbocycles. The fourth-order valence-electron chi connectivity index (χ4n) is 1.25. The van der Waals surface area contributed by atoms with Crippen molar-refractivity contribution >= 4 is 0 Å². The van der Waals surface area contributed by atoms with Crippen LogP contribution in [-0.4, -0.2) is 37.7 Å². The third-order valence-corrected chi connectivity index (χ3v) is 3.04. The summed E-state index contributed by atoms with van der Waals surface area (Å²) in [6, 6.07) is 0.631. The van der Waals surface area contributed by atoms with Crippen molar-refractivity contribution in [3.8, 4) is 0 Å². The number of hydrogen-bond acceptors (Lipinski definition) is 2. The highest BCUT2D eigenvalue weighted by molar-refractivity contribution is 5.03. The molecule has 0 rings (SSSR count). The molecule has 0 aromatic carbocycles. The summed E-state index contributed by atoms with van der Waals surface area (Å²) in [5, 5.41) is 0. The minimum Gasteiger partial charge on any atom is -0.381 e. The Bertz CT molecular complexity index is 264. The van der Waals surface area contributed by atoms with Gasteiger partial charge in [-0.3, -0.25) is 4.90 Å². The summed E-state index contributed by atoms with van der Waals surface area (Å²) in [5.74, 6) is 0. The van der Waals surface area contributed by atoms with Crippen LogP contribution in [0.15, 0.2) is 30.0 Å². The molecule has 0 aliphatic carbocycles. The lowest BCUT2D eigenvalue weighted by Gasteiger charge is -2.20. The molecule has 0 spiro atoms. The predicted molar refractivity (Wildman–Crippen MR) is 75.3 cm³/mol. The zero-order valence-electron chi connectivity index (χ0n) is 11.9. The van der Waals surface area contributed by atoms with Crippen LogP contribution in [0.4, 0.5) is 0 Å². The minimum atomic E-state index is 0.292. The zero-order valence-corrected chi connectivity index (χ0v) is 11.9. The molecule has 0 aromatic heterocycles. The van der Waals surface area contributed by atoms with Crippen molar-refractivity contribution in [3.05, 3.63) is 30.0 Å². The van der Waals surface area contributed by atoms with Gasteiger partial charge in [-0.2, -0.15) is 0 Å². The number of hydrogen-bond donors (Lipinski definition) is 0. The van der Waals surface area contributed by atoms with Gasteiger partial charge in [0.25, 0.3) is 0 Å². The van der Waals surface area contributed by atoms with Gasteiger partial charge in [-0.1, -0.05) is 19.1 Å². The highest BCUT2D eigenvalue weighted by atomic mass is 16.5. The van der Waals surface area contributed by atoms with Gasteiger partial charge in [0.15, 0.2) is 0 Å².